The summed E-state index contributed by atoms with van der Waals surface area (Å²) in [5.74, 6) is 2.20. The summed E-state index contributed by atoms with van der Waals surface area (Å²) in [6.07, 6.45) is 6.32. The Bertz CT molecular complexity index is 484. The molecule has 0 N–H and O–H groups in total. The lowest BCUT2D eigenvalue weighted by Crippen LogP contribution is -2.26. The molecule has 0 aromatic heterocycles. The lowest BCUT2D eigenvalue weighted by atomic mass is 9.71. The Hall–Kier alpha value is -1.70. The molecule has 0 fully saturated rings. The van der Waals surface area contributed by atoms with Crippen LogP contribution in [0, 0.1) is 5.41 Å². The van der Waals surface area contributed by atoms with Gasteiger partial charge in [0.15, 0.2) is 0 Å². The van der Waals surface area contributed by atoms with E-state index in [9.17, 15) is 0 Å². The topological polar surface area (TPSA) is 18.5 Å². The fourth-order valence-electron chi connectivity index (χ4n) is 2.56. The summed E-state index contributed by atoms with van der Waals surface area (Å²) in [5, 5.41) is 0. The van der Waals surface area contributed by atoms with E-state index in [0.717, 1.165) is 11.5 Å². The fourth-order valence-corrected chi connectivity index (χ4v) is 2.56. The average molecular weight is 244 g/mol. The highest BCUT2D eigenvalue weighted by molar-refractivity contribution is 5.39. The Balaban J connectivity index is 2.39. The van der Waals surface area contributed by atoms with Crippen LogP contribution in [-0.2, 0) is 4.74 Å². The van der Waals surface area contributed by atoms with E-state index in [-0.39, 0.29) is 5.41 Å². The third kappa shape index (κ3) is 2.15. The molecular weight excluding hydrogens is 224 g/mol. The van der Waals surface area contributed by atoms with Crippen LogP contribution in [0.1, 0.15) is 25.3 Å². The molecule has 0 aliphatic heterocycles. The minimum absolute atomic E-state index is 0.0458. The maximum Gasteiger partial charge on any atom is 0.119 e. The molecule has 96 valence electrons. The molecule has 0 saturated carbocycles. The number of benzene rings is 1. The van der Waals surface area contributed by atoms with Crippen molar-refractivity contribution in [2.75, 3.05) is 14.2 Å². The fraction of sp³-hybridized carbons (Fsp3) is 0.375. The van der Waals surface area contributed by atoms with E-state index in [1.54, 1.807) is 14.2 Å². The molecule has 0 radical (unpaired) electrons. The second-order valence-electron chi connectivity index (χ2n) is 5.10. The summed E-state index contributed by atoms with van der Waals surface area (Å²) in [4.78, 5) is 0. The van der Waals surface area contributed by atoms with Crippen molar-refractivity contribution in [3.05, 3.63) is 53.8 Å². The highest BCUT2D eigenvalue weighted by Gasteiger charge is 2.35. The number of methoxy groups -OCH3 is 2. The van der Waals surface area contributed by atoms with Gasteiger partial charge in [0.2, 0.25) is 0 Å². The number of ether oxygens (including phenoxy) is 2. The summed E-state index contributed by atoms with van der Waals surface area (Å²) in [6, 6.07) is 8.23. The summed E-state index contributed by atoms with van der Waals surface area (Å²) < 4.78 is 10.8. The molecule has 0 amide bonds. The van der Waals surface area contributed by atoms with Crippen LogP contribution in [0.25, 0.3) is 0 Å². The maximum absolute atomic E-state index is 5.49. The molecule has 1 aromatic rings. The van der Waals surface area contributed by atoms with Crippen molar-refractivity contribution in [2.45, 2.75) is 19.8 Å². The van der Waals surface area contributed by atoms with Crippen LogP contribution in [0.15, 0.2) is 48.3 Å². The normalized spacial score (nSPS) is 21.3. The zero-order valence-electron chi connectivity index (χ0n) is 11.4. The van der Waals surface area contributed by atoms with Crippen molar-refractivity contribution in [2.24, 2.45) is 5.41 Å². The van der Waals surface area contributed by atoms with Gasteiger partial charge in [0.25, 0.3) is 0 Å². The van der Waals surface area contributed by atoms with E-state index in [0.29, 0.717) is 5.92 Å². The Kier molecular flexibility index (Phi) is 3.46. The highest BCUT2D eigenvalue weighted by atomic mass is 16.5. The van der Waals surface area contributed by atoms with Gasteiger partial charge in [-0.2, -0.15) is 0 Å². The lowest BCUT2D eigenvalue weighted by Gasteiger charge is -2.36. The molecule has 0 saturated heterocycles. The third-order valence-electron chi connectivity index (χ3n) is 3.64. The second kappa shape index (κ2) is 4.89. The van der Waals surface area contributed by atoms with Crippen LogP contribution < -0.4 is 4.74 Å². The molecule has 1 aliphatic rings. The van der Waals surface area contributed by atoms with E-state index < -0.39 is 0 Å². The van der Waals surface area contributed by atoms with Crippen molar-refractivity contribution >= 4 is 0 Å². The quantitative estimate of drug-likeness (QED) is 0.802. The van der Waals surface area contributed by atoms with Crippen molar-refractivity contribution in [3.8, 4) is 5.75 Å². The first-order valence-electron chi connectivity index (χ1n) is 6.16. The monoisotopic (exact) mass is 244 g/mol. The summed E-state index contributed by atoms with van der Waals surface area (Å²) in [6.45, 7) is 4.41. The summed E-state index contributed by atoms with van der Waals surface area (Å²) in [7, 11) is 3.43. The first kappa shape index (κ1) is 12.7. The van der Waals surface area contributed by atoms with Gasteiger partial charge in [0.05, 0.1) is 14.2 Å². The van der Waals surface area contributed by atoms with E-state index in [2.05, 4.69) is 38.1 Å². The molecule has 0 heterocycles. The van der Waals surface area contributed by atoms with Crippen LogP contribution in [0.5, 0.6) is 5.75 Å². The number of hydrogen-bond donors (Lipinski definition) is 0. The Morgan fingerprint density at radius 1 is 1.11 bits per heavy atom. The number of hydrogen-bond acceptors (Lipinski definition) is 2. The average Bonchev–Trinajstić information content (AvgIpc) is 2.38. The zero-order chi connectivity index (χ0) is 13.2. The van der Waals surface area contributed by atoms with Gasteiger partial charge in [-0.1, -0.05) is 38.1 Å². The Morgan fingerprint density at radius 3 is 2.56 bits per heavy atom. The van der Waals surface area contributed by atoms with Gasteiger partial charge in [-0.05, 0) is 23.8 Å². The second-order valence-corrected chi connectivity index (χ2v) is 5.10. The maximum atomic E-state index is 5.49. The summed E-state index contributed by atoms with van der Waals surface area (Å²) >= 11 is 0. The van der Waals surface area contributed by atoms with Crippen LogP contribution in [-0.4, -0.2) is 14.2 Å². The minimum atomic E-state index is -0.0458. The first-order valence-corrected chi connectivity index (χ1v) is 6.16. The molecule has 2 nitrogen and oxygen atoms in total. The SMILES string of the molecule is COC1=CC=CC(c2cccc(OC)c2)C1(C)C. The van der Waals surface area contributed by atoms with Gasteiger partial charge in [-0.15, -0.1) is 0 Å². The van der Waals surface area contributed by atoms with E-state index >= 15 is 0 Å². The molecule has 0 spiro atoms. The lowest BCUT2D eigenvalue weighted by molar-refractivity contribution is 0.179. The van der Waals surface area contributed by atoms with Gasteiger partial charge in [0.1, 0.15) is 11.5 Å². The number of rotatable bonds is 3. The van der Waals surface area contributed by atoms with Gasteiger partial charge in [-0.3, -0.25) is 0 Å². The molecule has 1 unspecified atom stereocenters. The van der Waals surface area contributed by atoms with Crippen LogP contribution in [0.4, 0.5) is 0 Å². The van der Waals surface area contributed by atoms with E-state index in [4.69, 9.17) is 9.47 Å². The molecule has 2 heteroatoms. The zero-order valence-corrected chi connectivity index (χ0v) is 11.4. The highest BCUT2D eigenvalue weighted by Crippen LogP contribution is 2.45. The van der Waals surface area contributed by atoms with Gasteiger partial charge in [-0.25, -0.2) is 0 Å². The molecule has 1 aromatic carbocycles. The molecule has 1 aliphatic carbocycles. The molecule has 0 bridgehead atoms. The van der Waals surface area contributed by atoms with Gasteiger partial charge in [0, 0.05) is 11.3 Å². The first-order chi connectivity index (χ1) is 8.59. The van der Waals surface area contributed by atoms with Crippen molar-refractivity contribution in [1.82, 2.24) is 0 Å². The molecule has 1 atom stereocenters. The molecule has 2 rings (SSSR count). The van der Waals surface area contributed by atoms with Gasteiger partial charge >= 0.3 is 0 Å². The third-order valence-corrected chi connectivity index (χ3v) is 3.64. The Morgan fingerprint density at radius 2 is 1.89 bits per heavy atom. The van der Waals surface area contributed by atoms with Crippen LogP contribution in [0.2, 0.25) is 0 Å². The smallest absolute Gasteiger partial charge is 0.119 e. The van der Waals surface area contributed by atoms with Crippen molar-refractivity contribution < 1.29 is 9.47 Å². The largest absolute Gasteiger partial charge is 0.501 e. The van der Waals surface area contributed by atoms with E-state index in [1.165, 1.54) is 5.56 Å². The predicted octanol–water partition coefficient (Wildman–Crippen LogP) is 3.91. The van der Waals surface area contributed by atoms with Crippen LogP contribution >= 0.6 is 0 Å². The van der Waals surface area contributed by atoms with Gasteiger partial charge < -0.3 is 9.47 Å². The summed E-state index contributed by atoms with van der Waals surface area (Å²) in [5.41, 5.74) is 1.20. The molecule has 18 heavy (non-hydrogen) atoms. The van der Waals surface area contributed by atoms with Crippen LogP contribution in [0.3, 0.4) is 0 Å². The molecular formula is C16H20O2. The Labute approximate surface area is 109 Å². The van der Waals surface area contributed by atoms with E-state index in [1.807, 2.05) is 18.2 Å². The number of allylic oxidation sites excluding steroid dienone is 4. The minimum Gasteiger partial charge on any atom is -0.501 e. The van der Waals surface area contributed by atoms with Crippen molar-refractivity contribution in [3.63, 3.8) is 0 Å². The van der Waals surface area contributed by atoms with Crippen molar-refractivity contribution in [1.29, 1.82) is 0 Å². The standard InChI is InChI=1S/C16H20O2/c1-16(2)14(9-6-10-15(16)18-4)12-7-5-8-13(11-12)17-3/h5-11,14H,1-4H3. The predicted molar refractivity (Wildman–Crippen MR) is 73.7 cm³/mol.